The number of aliphatic imine (C=N–C) groups is 1. The zero-order valence-corrected chi connectivity index (χ0v) is 20.6. The topological polar surface area (TPSA) is 115 Å². The maximum absolute atomic E-state index is 13.4. The SMILES string of the molecule is CCOC(=O)C(=O)N(C1=C(C(=O)OC)C(C(=O)OC)N2C(=N1)Sc1ccccc12)C1CCCCC1. The Bertz CT molecular complexity index is 1110. The van der Waals surface area contributed by atoms with Gasteiger partial charge in [0.15, 0.2) is 17.0 Å². The predicted octanol–water partition coefficient (Wildman–Crippen LogP) is 2.62. The Hall–Kier alpha value is -3.34. The van der Waals surface area contributed by atoms with Gasteiger partial charge < -0.3 is 19.1 Å². The largest absolute Gasteiger partial charge is 0.467 e. The highest BCUT2D eigenvalue weighted by atomic mass is 32.2. The van der Waals surface area contributed by atoms with Crippen LogP contribution in [0.4, 0.5) is 5.69 Å². The summed E-state index contributed by atoms with van der Waals surface area (Å²) in [5.74, 6) is -3.62. The first-order valence-corrected chi connectivity index (χ1v) is 12.3. The molecule has 1 atom stereocenters. The molecule has 4 rings (SSSR count). The Kier molecular flexibility index (Phi) is 7.44. The molecular formula is C24H27N3O7S. The molecule has 186 valence electrons. The molecule has 1 aliphatic carbocycles. The highest BCUT2D eigenvalue weighted by Crippen LogP contribution is 2.46. The third kappa shape index (κ3) is 4.52. The molecule has 2 aliphatic heterocycles. The lowest BCUT2D eigenvalue weighted by Crippen LogP contribution is -2.53. The summed E-state index contributed by atoms with van der Waals surface area (Å²) in [5.41, 5.74) is 0.511. The number of esters is 3. The van der Waals surface area contributed by atoms with Crippen LogP contribution in [0.25, 0.3) is 0 Å². The number of ether oxygens (including phenoxy) is 3. The standard InChI is InChI=1S/C24H27N3O7S/c1-4-34-23(31)20(28)26(14-10-6-5-7-11-14)19-17(21(29)32-2)18(22(30)33-3)27-15-12-8-9-13-16(15)35-24(27)25-19/h8-9,12-14,18H,4-7,10-11H2,1-3H3. The average molecular weight is 502 g/mol. The Morgan fingerprint density at radius 3 is 2.46 bits per heavy atom. The molecule has 1 amide bonds. The second kappa shape index (κ2) is 10.5. The number of hydrogen-bond acceptors (Lipinski definition) is 10. The molecule has 11 heteroatoms. The lowest BCUT2D eigenvalue weighted by molar-refractivity contribution is -0.160. The van der Waals surface area contributed by atoms with Crippen molar-refractivity contribution < 1.29 is 33.4 Å². The summed E-state index contributed by atoms with van der Waals surface area (Å²) >= 11 is 1.30. The van der Waals surface area contributed by atoms with E-state index >= 15 is 0 Å². The van der Waals surface area contributed by atoms with Gasteiger partial charge in [-0.25, -0.2) is 19.4 Å². The first-order chi connectivity index (χ1) is 16.9. The lowest BCUT2D eigenvalue weighted by Gasteiger charge is -2.39. The number of carbonyl (C=O) groups is 4. The van der Waals surface area contributed by atoms with Crippen LogP contribution in [0.3, 0.4) is 0 Å². The van der Waals surface area contributed by atoms with Gasteiger partial charge in [-0.2, -0.15) is 0 Å². The van der Waals surface area contributed by atoms with Crippen molar-refractivity contribution >= 4 is 46.4 Å². The summed E-state index contributed by atoms with van der Waals surface area (Å²) in [7, 11) is 2.41. The molecule has 0 N–H and O–H groups in total. The molecule has 0 bridgehead atoms. The third-order valence-electron chi connectivity index (χ3n) is 6.17. The minimum atomic E-state index is -1.26. The number of amides is 1. The van der Waals surface area contributed by atoms with Crippen molar-refractivity contribution in [3.8, 4) is 0 Å². The van der Waals surface area contributed by atoms with Crippen LogP contribution in [0, 0.1) is 0 Å². The summed E-state index contributed by atoms with van der Waals surface area (Å²) in [5, 5.41) is 0.390. The van der Waals surface area contributed by atoms with Crippen LogP contribution < -0.4 is 4.90 Å². The molecule has 0 spiro atoms. The third-order valence-corrected chi connectivity index (χ3v) is 7.21. The number of hydrogen-bond donors (Lipinski definition) is 0. The number of fused-ring (bicyclic) bond motifs is 3. The number of para-hydroxylation sites is 1. The molecule has 10 nitrogen and oxygen atoms in total. The quantitative estimate of drug-likeness (QED) is 0.341. The fourth-order valence-electron chi connectivity index (χ4n) is 4.62. The lowest BCUT2D eigenvalue weighted by atomic mass is 9.93. The second-order valence-electron chi connectivity index (χ2n) is 8.18. The van der Waals surface area contributed by atoms with Gasteiger partial charge >= 0.3 is 23.8 Å². The number of benzene rings is 1. The summed E-state index contributed by atoms with van der Waals surface area (Å²) in [6.45, 7) is 1.62. The number of methoxy groups -OCH3 is 2. The van der Waals surface area contributed by atoms with Crippen molar-refractivity contribution in [3.05, 3.63) is 35.7 Å². The van der Waals surface area contributed by atoms with Gasteiger partial charge in [-0.15, -0.1) is 0 Å². The molecule has 2 heterocycles. The van der Waals surface area contributed by atoms with Crippen LogP contribution in [0.15, 0.2) is 45.5 Å². The molecular weight excluding hydrogens is 474 g/mol. The Labute approximate surface area is 207 Å². The monoisotopic (exact) mass is 501 g/mol. The van der Waals surface area contributed by atoms with Gasteiger partial charge in [-0.3, -0.25) is 9.69 Å². The van der Waals surface area contributed by atoms with Gasteiger partial charge in [0, 0.05) is 10.9 Å². The maximum Gasteiger partial charge on any atom is 0.397 e. The summed E-state index contributed by atoms with van der Waals surface area (Å²) in [4.78, 5) is 60.6. The van der Waals surface area contributed by atoms with Crippen LogP contribution >= 0.6 is 11.8 Å². The number of nitrogens with zero attached hydrogens (tertiary/aromatic N) is 3. The normalized spacial score (nSPS) is 19.3. The number of amidine groups is 1. The Morgan fingerprint density at radius 2 is 1.80 bits per heavy atom. The van der Waals surface area contributed by atoms with Crippen LogP contribution in [0.2, 0.25) is 0 Å². The molecule has 1 fully saturated rings. The average Bonchev–Trinajstić information content (AvgIpc) is 3.26. The van der Waals surface area contributed by atoms with Crippen molar-refractivity contribution in [2.24, 2.45) is 4.99 Å². The van der Waals surface area contributed by atoms with Crippen molar-refractivity contribution in [1.29, 1.82) is 0 Å². The zero-order valence-electron chi connectivity index (χ0n) is 19.8. The van der Waals surface area contributed by atoms with Crippen LogP contribution in [0.1, 0.15) is 39.0 Å². The van der Waals surface area contributed by atoms with E-state index < -0.39 is 35.9 Å². The molecule has 1 unspecified atom stereocenters. The first-order valence-electron chi connectivity index (χ1n) is 11.5. The molecule has 0 aromatic heterocycles. The van der Waals surface area contributed by atoms with Gasteiger partial charge in [0.2, 0.25) is 0 Å². The zero-order chi connectivity index (χ0) is 25.1. The van der Waals surface area contributed by atoms with E-state index in [4.69, 9.17) is 14.2 Å². The summed E-state index contributed by atoms with van der Waals surface area (Å²) in [6, 6.07) is 5.70. The first kappa shape index (κ1) is 24.8. The molecule has 0 radical (unpaired) electrons. The second-order valence-corrected chi connectivity index (χ2v) is 9.19. The number of thioether (sulfide) groups is 1. The smallest absolute Gasteiger partial charge is 0.397 e. The highest BCUT2D eigenvalue weighted by molar-refractivity contribution is 8.14. The summed E-state index contributed by atoms with van der Waals surface area (Å²) < 4.78 is 15.1. The maximum atomic E-state index is 13.4. The Morgan fingerprint density at radius 1 is 1.09 bits per heavy atom. The fourth-order valence-corrected chi connectivity index (χ4v) is 5.67. The molecule has 1 aromatic rings. The molecule has 0 saturated heterocycles. The van der Waals surface area contributed by atoms with Gasteiger partial charge in [0.05, 0.1) is 26.5 Å². The van der Waals surface area contributed by atoms with E-state index in [0.717, 1.165) is 24.2 Å². The Balaban J connectivity index is 1.93. The van der Waals surface area contributed by atoms with Crippen LogP contribution in [-0.2, 0) is 33.4 Å². The van der Waals surface area contributed by atoms with Gasteiger partial charge in [-0.1, -0.05) is 31.4 Å². The van der Waals surface area contributed by atoms with E-state index in [1.54, 1.807) is 11.8 Å². The van der Waals surface area contributed by atoms with E-state index in [-0.39, 0.29) is 18.0 Å². The van der Waals surface area contributed by atoms with Crippen molar-refractivity contribution in [2.75, 3.05) is 25.7 Å². The molecule has 35 heavy (non-hydrogen) atoms. The molecule has 1 aromatic carbocycles. The van der Waals surface area contributed by atoms with Gasteiger partial charge in [-0.05, 0) is 43.7 Å². The minimum Gasteiger partial charge on any atom is -0.467 e. The highest BCUT2D eigenvalue weighted by Gasteiger charge is 2.49. The van der Waals surface area contributed by atoms with E-state index in [0.29, 0.717) is 23.7 Å². The van der Waals surface area contributed by atoms with Crippen LogP contribution in [-0.4, -0.2) is 66.8 Å². The van der Waals surface area contributed by atoms with Crippen molar-refractivity contribution in [1.82, 2.24) is 4.90 Å². The van der Waals surface area contributed by atoms with E-state index in [1.807, 2.05) is 24.3 Å². The van der Waals surface area contributed by atoms with E-state index in [2.05, 4.69) is 4.99 Å². The number of anilines is 1. The van der Waals surface area contributed by atoms with E-state index in [1.165, 1.54) is 30.9 Å². The minimum absolute atomic E-state index is 0.0181. The summed E-state index contributed by atoms with van der Waals surface area (Å²) in [6.07, 6.45) is 3.93. The van der Waals surface area contributed by atoms with Crippen molar-refractivity contribution in [3.63, 3.8) is 0 Å². The molecule has 1 saturated carbocycles. The van der Waals surface area contributed by atoms with Gasteiger partial charge in [0.1, 0.15) is 5.57 Å². The predicted molar refractivity (Wildman–Crippen MR) is 127 cm³/mol. The number of rotatable bonds is 5. The van der Waals surface area contributed by atoms with Crippen LogP contribution in [0.5, 0.6) is 0 Å². The number of carbonyl (C=O) groups excluding carboxylic acids is 4. The van der Waals surface area contributed by atoms with Gasteiger partial charge in [0.25, 0.3) is 0 Å². The van der Waals surface area contributed by atoms with Crippen molar-refractivity contribution in [2.45, 2.75) is 56.0 Å². The van der Waals surface area contributed by atoms with E-state index in [9.17, 15) is 19.2 Å². The molecule has 3 aliphatic rings. The fraction of sp³-hybridized carbons (Fsp3) is 0.458.